The molecule has 0 aliphatic heterocycles. The van der Waals surface area contributed by atoms with Gasteiger partial charge in [0.2, 0.25) is 0 Å². The van der Waals surface area contributed by atoms with Gasteiger partial charge in [-0.3, -0.25) is 15.0 Å². The lowest BCUT2D eigenvalue weighted by atomic mass is 10.1. The number of carbonyl (C=O) groups is 2. The average Bonchev–Trinajstić information content (AvgIpc) is 2.66. The molecule has 0 radical (unpaired) electrons. The fourth-order valence-corrected chi connectivity index (χ4v) is 2.20. The number of nitrogens with two attached hydrogens (primary N) is 1. The summed E-state index contributed by atoms with van der Waals surface area (Å²) in [6.07, 6.45) is 2.59. The smallest absolute Gasteiger partial charge is 0.330 e. The fourth-order valence-electron chi connectivity index (χ4n) is 2.20. The lowest BCUT2D eigenvalue weighted by molar-refractivity contribution is -0.134. The van der Waals surface area contributed by atoms with E-state index in [4.69, 9.17) is 11.1 Å². The number of aryl methyl sites for hydroxylation is 1. The molecule has 0 bridgehead atoms. The summed E-state index contributed by atoms with van der Waals surface area (Å²) in [5.41, 5.74) is 6.44. The molecular formula is C18H19N5O4. The Bertz CT molecular complexity index is 961. The SMILES string of the molecule is COC(=O)C=CCNC(=O)c1cc(-c2ccc(C(=N)N)cc2)nn(C)c1=O. The van der Waals surface area contributed by atoms with Crippen molar-refractivity contribution >= 4 is 17.7 Å². The van der Waals surface area contributed by atoms with Crippen LogP contribution in [-0.4, -0.2) is 41.1 Å². The van der Waals surface area contributed by atoms with Crippen molar-refractivity contribution in [3.8, 4) is 11.3 Å². The molecule has 1 aromatic heterocycles. The lowest BCUT2D eigenvalue weighted by Crippen LogP contribution is -2.33. The van der Waals surface area contributed by atoms with Gasteiger partial charge in [0, 0.05) is 30.8 Å². The highest BCUT2D eigenvalue weighted by molar-refractivity contribution is 5.96. The first-order valence-corrected chi connectivity index (χ1v) is 7.89. The number of benzene rings is 1. The molecule has 0 atom stereocenters. The van der Waals surface area contributed by atoms with E-state index in [0.717, 1.165) is 4.68 Å². The monoisotopic (exact) mass is 369 g/mol. The van der Waals surface area contributed by atoms with Crippen LogP contribution in [0.2, 0.25) is 0 Å². The molecule has 9 nitrogen and oxygen atoms in total. The topological polar surface area (TPSA) is 140 Å². The Balaban J connectivity index is 2.26. The van der Waals surface area contributed by atoms with E-state index in [1.807, 2.05) is 0 Å². The van der Waals surface area contributed by atoms with Crippen molar-refractivity contribution in [2.45, 2.75) is 0 Å². The van der Waals surface area contributed by atoms with Crippen LogP contribution in [-0.2, 0) is 16.6 Å². The van der Waals surface area contributed by atoms with Crippen LogP contribution in [0.5, 0.6) is 0 Å². The van der Waals surface area contributed by atoms with Crippen molar-refractivity contribution in [1.82, 2.24) is 15.1 Å². The average molecular weight is 369 g/mol. The minimum atomic E-state index is -0.589. The number of nitrogens with zero attached hydrogens (tertiary/aromatic N) is 2. The maximum atomic E-state index is 12.3. The summed E-state index contributed by atoms with van der Waals surface area (Å²) < 4.78 is 5.52. The standard InChI is InChI=1S/C18H19N5O4/c1-23-18(26)13(17(25)21-9-3-4-15(24)27-2)10-14(22-23)11-5-7-12(8-6-11)16(19)20/h3-8,10H,9H2,1-2H3,(H3,19,20)(H,21,25). The first-order valence-electron chi connectivity index (χ1n) is 7.89. The zero-order valence-corrected chi connectivity index (χ0v) is 14.9. The number of methoxy groups -OCH3 is 1. The molecule has 9 heteroatoms. The van der Waals surface area contributed by atoms with Crippen LogP contribution in [0.3, 0.4) is 0 Å². The van der Waals surface area contributed by atoms with Gasteiger partial charge in [-0.15, -0.1) is 0 Å². The fraction of sp³-hybridized carbons (Fsp3) is 0.167. The Hall–Kier alpha value is -3.75. The van der Waals surface area contributed by atoms with Gasteiger partial charge in [-0.2, -0.15) is 5.10 Å². The minimum absolute atomic E-state index is 0.0576. The predicted octanol–water partition coefficient (Wildman–Crippen LogP) is 0.190. The van der Waals surface area contributed by atoms with Gasteiger partial charge in [0.25, 0.3) is 11.5 Å². The van der Waals surface area contributed by atoms with E-state index in [9.17, 15) is 14.4 Å². The van der Waals surface area contributed by atoms with Gasteiger partial charge in [-0.05, 0) is 6.07 Å². The summed E-state index contributed by atoms with van der Waals surface area (Å²) in [6.45, 7) is 0.0576. The summed E-state index contributed by atoms with van der Waals surface area (Å²) >= 11 is 0. The zero-order chi connectivity index (χ0) is 20.0. The number of carbonyl (C=O) groups excluding carboxylic acids is 2. The molecular weight excluding hydrogens is 350 g/mol. The first kappa shape index (κ1) is 19.6. The number of aromatic nitrogens is 2. The highest BCUT2D eigenvalue weighted by Gasteiger charge is 2.14. The Kier molecular flexibility index (Phi) is 6.21. The van der Waals surface area contributed by atoms with Crippen LogP contribution in [0.4, 0.5) is 0 Å². The lowest BCUT2D eigenvalue weighted by Gasteiger charge is -2.08. The van der Waals surface area contributed by atoms with Crippen molar-refractivity contribution in [3.05, 3.63) is 64.0 Å². The largest absolute Gasteiger partial charge is 0.466 e. The highest BCUT2D eigenvalue weighted by atomic mass is 16.5. The van der Waals surface area contributed by atoms with E-state index in [1.54, 1.807) is 24.3 Å². The van der Waals surface area contributed by atoms with E-state index in [-0.39, 0.29) is 17.9 Å². The van der Waals surface area contributed by atoms with E-state index < -0.39 is 17.4 Å². The number of hydrogen-bond acceptors (Lipinski definition) is 6. The number of hydrogen-bond donors (Lipinski definition) is 3. The molecule has 0 spiro atoms. The third-order valence-electron chi connectivity index (χ3n) is 3.63. The molecule has 0 unspecified atom stereocenters. The second-order valence-corrected chi connectivity index (χ2v) is 5.50. The molecule has 0 fully saturated rings. The maximum absolute atomic E-state index is 12.3. The summed E-state index contributed by atoms with van der Waals surface area (Å²) in [4.78, 5) is 35.5. The Labute approximate surface area is 155 Å². The van der Waals surface area contributed by atoms with Crippen molar-refractivity contribution in [3.63, 3.8) is 0 Å². The van der Waals surface area contributed by atoms with Crippen molar-refractivity contribution < 1.29 is 14.3 Å². The van der Waals surface area contributed by atoms with E-state index in [1.165, 1.54) is 32.4 Å². The van der Waals surface area contributed by atoms with Crippen LogP contribution >= 0.6 is 0 Å². The quantitative estimate of drug-likeness (QED) is 0.287. The zero-order valence-electron chi connectivity index (χ0n) is 14.9. The van der Waals surface area contributed by atoms with Crippen LogP contribution in [0, 0.1) is 5.41 Å². The molecule has 2 rings (SSSR count). The molecule has 0 aliphatic rings. The molecule has 0 saturated heterocycles. The van der Waals surface area contributed by atoms with E-state index >= 15 is 0 Å². The highest BCUT2D eigenvalue weighted by Crippen LogP contribution is 2.17. The number of esters is 1. The molecule has 2 aromatic rings. The number of nitrogens with one attached hydrogen (secondary N) is 2. The van der Waals surface area contributed by atoms with Gasteiger partial charge < -0.3 is 15.8 Å². The van der Waals surface area contributed by atoms with Crippen molar-refractivity contribution in [2.24, 2.45) is 12.8 Å². The molecule has 0 saturated carbocycles. The summed E-state index contributed by atoms with van der Waals surface area (Å²) in [7, 11) is 2.69. The minimum Gasteiger partial charge on any atom is -0.466 e. The molecule has 27 heavy (non-hydrogen) atoms. The molecule has 140 valence electrons. The Morgan fingerprint density at radius 2 is 2.00 bits per heavy atom. The summed E-state index contributed by atoms with van der Waals surface area (Å²) in [6, 6.07) is 8.10. The second kappa shape index (κ2) is 8.56. The van der Waals surface area contributed by atoms with Gasteiger partial charge in [0.05, 0.1) is 12.8 Å². The predicted molar refractivity (Wildman–Crippen MR) is 99.4 cm³/mol. The summed E-state index contributed by atoms with van der Waals surface area (Å²) in [5, 5.41) is 14.1. The van der Waals surface area contributed by atoms with Gasteiger partial charge in [0.15, 0.2) is 0 Å². The summed E-state index contributed by atoms with van der Waals surface area (Å²) in [5.74, 6) is -1.19. The van der Waals surface area contributed by atoms with Crippen LogP contribution < -0.4 is 16.6 Å². The molecule has 0 aliphatic carbocycles. The molecule has 1 heterocycles. The van der Waals surface area contributed by atoms with Crippen LogP contribution in [0.25, 0.3) is 11.3 Å². The Morgan fingerprint density at radius 3 is 2.59 bits per heavy atom. The normalized spacial score (nSPS) is 10.6. The third kappa shape index (κ3) is 4.88. The molecule has 1 aromatic carbocycles. The van der Waals surface area contributed by atoms with Crippen LogP contribution in [0.1, 0.15) is 15.9 Å². The second-order valence-electron chi connectivity index (χ2n) is 5.50. The van der Waals surface area contributed by atoms with Gasteiger partial charge in [0.1, 0.15) is 11.4 Å². The van der Waals surface area contributed by atoms with Gasteiger partial charge in [-0.25, -0.2) is 9.48 Å². The van der Waals surface area contributed by atoms with Crippen molar-refractivity contribution in [1.29, 1.82) is 5.41 Å². The molecule has 1 amide bonds. The molecule has 4 N–H and O–H groups in total. The number of nitrogen functional groups attached to an aromatic ring is 1. The number of amidine groups is 1. The van der Waals surface area contributed by atoms with E-state index in [0.29, 0.717) is 16.8 Å². The van der Waals surface area contributed by atoms with Crippen molar-refractivity contribution in [2.75, 3.05) is 13.7 Å². The van der Waals surface area contributed by atoms with Crippen LogP contribution in [0.15, 0.2) is 47.3 Å². The maximum Gasteiger partial charge on any atom is 0.330 e. The van der Waals surface area contributed by atoms with E-state index in [2.05, 4.69) is 15.2 Å². The first-order chi connectivity index (χ1) is 12.8. The Morgan fingerprint density at radius 1 is 1.33 bits per heavy atom. The van der Waals surface area contributed by atoms with Gasteiger partial charge in [-0.1, -0.05) is 30.3 Å². The van der Waals surface area contributed by atoms with Gasteiger partial charge >= 0.3 is 5.97 Å². The third-order valence-corrected chi connectivity index (χ3v) is 3.63. The number of amides is 1. The number of ether oxygens (including phenoxy) is 1. The number of rotatable bonds is 6.